The summed E-state index contributed by atoms with van der Waals surface area (Å²) < 4.78 is 2.13. The normalized spacial score (nSPS) is 11.2. The molecule has 0 aliphatic carbocycles. The Morgan fingerprint density at radius 2 is 1.75 bits per heavy atom. The van der Waals surface area contributed by atoms with Crippen LogP contribution in [0.1, 0.15) is 34.5 Å². The number of hydrogen-bond donors (Lipinski definition) is 0. The minimum absolute atomic E-state index is 0.476. The van der Waals surface area contributed by atoms with Crippen molar-refractivity contribution in [3.05, 3.63) is 64.5 Å². The van der Waals surface area contributed by atoms with Crippen molar-refractivity contribution >= 4 is 23.2 Å². The van der Waals surface area contributed by atoms with Gasteiger partial charge in [-0.15, -0.1) is 0 Å². The molecule has 120 valence electrons. The van der Waals surface area contributed by atoms with Gasteiger partial charge in [-0.3, -0.25) is 0 Å². The van der Waals surface area contributed by atoms with Crippen molar-refractivity contribution in [3.8, 4) is 6.07 Å². The first-order valence-corrected chi connectivity index (χ1v) is 8.17. The summed E-state index contributed by atoms with van der Waals surface area (Å²) in [4.78, 5) is 4.77. The Bertz CT molecular complexity index is 938. The third kappa shape index (κ3) is 3.23. The van der Waals surface area contributed by atoms with Gasteiger partial charge in [0.25, 0.3) is 0 Å². The lowest BCUT2D eigenvalue weighted by molar-refractivity contribution is 0.729. The molecule has 0 fully saturated rings. The monoisotopic (exact) mass is 315 g/mol. The van der Waals surface area contributed by atoms with Crippen LogP contribution in [0, 0.1) is 32.1 Å². The molecule has 0 saturated heterocycles. The summed E-state index contributed by atoms with van der Waals surface area (Å²) in [7, 11) is 0. The minimum atomic E-state index is 0.476. The summed E-state index contributed by atoms with van der Waals surface area (Å²) in [5, 5.41) is 8.96. The summed E-state index contributed by atoms with van der Waals surface area (Å²) in [6.45, 7) is 6.95. The van der Waals surface area contributed by atoms with E-state index in [9.17, 15) is 0 Å². The number of hydrogen-bond acceptors (Lipinski definition) is 2. The summed E-state index contributed by atoms with van der Waals surface area (Å²) in [5.74, 6) is 0.894. The Labute approximate surface area is 142 Å². The van der Waals surface area contributed by atoms with Crippen molar-refractivity contribution in [1.29, 1.82) is 5.26 Å². The highest BCUT2D eigenvalue weighted by Gasteiger charge is 2.10. The molecule has 0 atom stereocenters. The van der Waals surface area contributed by atoms with E-state index in [1.165, 1.54) is 16.7 Å². The molecule has 0 spiro atoms. The number of aromatic nitrogens is 2. The maximum atomic E-state index is 8.96. The topological polar surface area (TPSA) is 41.6 Å². The number of nitriles is 1. The van der Waals surface area contributed by atoms with Gasteiger partial charge in [-0.2, -0.15) is 5.26 Å². The van der Waals surface area contributed by atoms with Crippen LogP contribution < -0.4 is 0 Å². The van der Waals surface area contributed by atoms with E-state index in [0.29, 0.717) is 13.0 Å². The van der Waals surface area contributed by atoms with Gasteiger partial charge in [0.15, 0.2) is 0 Å². The summed E-state index contributed by atoms with van der Waals surface area (Å²) in [5.41, 5.74) is 6.96. The molecule has 1 heterocycles. The predicted octanol–water partition coefficient (Wildman–Crippen LogP) is 5.05. The first-order valence-electron chi connectivity index (χ1n) is 8.17. The molecule has 2 aromatic carbocycles. The van der Waals surface area contributed by atoms with E-state index in [1.54, 1.807) is 0 Å². The van der Waals surface area contributed by atoms with Crippen LogP contribution >= 0.6 is 0 Å². The van der Waals surface area contributed by atoms with Gasteiger partial charge in [-0.25, -0.2) is 4.98 Å². The van der Waals surface area contributed by atoms with Crippen LogP contribution in [0.15, 0.2) is 36.4 Å². The highest BCUT2D eigenvalue weighted by molar-refractivity contribution is 5.81. The van der Waals surface area contributed by atoms with E-state index in [4.69, 9.17) is 10.2 Å². The molecule has 0 saturated carbocycles. The van der Waals surface area contributed by atoms with Crippen LogP contribution in [0.25, 0.3) is 23.2 Å². The second-order valence-corrected chi connectivity index (χ2v) is 6.20. The molecule has 3 aromatic rings. The Balaban J connectivity index is 2.05. The molecular weight excluding hydrogens is 294 g/mol. The average molecular weight is 315 g/mol. The maximum absolute atomic E-state index is 8.96. The van der Waals surface area contributed by atoms with E-state index in [-0.39, 0.29) is 0 Å². The number of aryl methyl sites for hydroxylation is 4. The molecule has 3 nitrogen and oxygen atoms in total. The fraction of sp³-hybridized carbons (Fsp3) is 0.238. The molecule has 0 radical (unpaired) electrons. The zero-order valence-corrected chi connectivity index (χ0v) is 14.4. The summed E-state index contributed by atoms with van der Waals surface area (Å²) >= 11 is 0. The minimum Gasteiger partial charge on any atom is -0.323 e. The first kappa shape index (κ1) is 16.0. The van der Waals surface area contributed by atoms with E-state index >= 15 is 0 Å². The van der Waals surface area contributed by atoms with Crippen molar-refractivity contribution in [2.45, 2.75) is 33.7 Å². The molecular formula is C21H21N3. The summed E-state index contributed by atoms with van der Waals surface area (Å²) in [6, 6.07) is 14.9. The van der Waals surface area contributed by atoms with Gasteiger partial charge < -0.3 is 4.57 Å². The van der Waals surface area contributed by atoms with Gasteiger partial charge in [0, 0.05) is 6.54 Å². The van der Waals surface area contributed by atoms with E-state index < -0.39 is 0 Å². The lowest BCUT2D eigenvalue weighted by Gasteiger charge is -2.05. The van der Waals surface area contributed by atoms with Gasteiger partial charge in [-0.05, 0) is 55.7 Å². The van der Waals surface area contributed by atoms with Gasteiger partial charge in [0.05, 0.1) is 23.5 Å². The van der Waals surface area contributed by atoms with Crippen LogP contribution in [-0.2, 0) is 6.54 Å². The molecule has 0 N–H and O–H groups in total. The van der Waals surface area contributed by atoms with Crippen molar-refractivity contribution < 1.29 is 0 Å². The van der Waals surface area contributed by atoms with Crippen molar-refractivity contribution in [2.75, 3.05) is 0 Å². The SMILES string of the molecule is Cc1ccc(/C=C/c2nc3cc(C)c(C)cc3n2CCC#N)cc1. The highest BCUT2D eigenvalue weighted by atomic mass is 15.1. The van der Waals surface area contributed by atoms with Crippen molar-refractivity contribution in [1.82, 2.24) is 9.55 Å². The van der Waals surface area contributed by atoms with Crippen LogP contribution in [0.4, 0.5) is 0 Å². The van der Waals surface area contributed by atoms with Gasteiger partial charge in [-0.1, -0.05) is 35.9 Å². The van der Waals surface area contributed by atoms with Crippen LogP contribution in [0.5, 0.6) is 0 Å². The van der Waals surface area contributed by atoms with Gasteiger partial charge in [0.1, 0.15) is 5.82 Å². The second-order valence-electron chi connectivity index (χ2n) is 6.20. The van der Waals surface area contributed by atoms with Crippen LogP contribution in [0.2, 0.25) is 0 Å². The number of nitrogens with zero attached hydrogens (tertiary/aromatic N) is 3. The molecule has 1 aromatic heterocycles. The second kappa shape index (κ2) is 6.72. The molecule has 0 aliphatic heterocycles. The molecule has 0 aliphatic rings. The lowest BCUT2D eigenvalue weighted by Crippen LogP contribution is -2.00. The van der Waals surface area contributed by atoms with Crippen LogP contribution in [0.3, 0.4) is 0 Å². The van der Waals surface area contributed by atoms with E-state index in [2.05, 4.69) is 73.9 Å². The number of rotatable bonds is 4. The Morgan fingerprint density at radius 3 is 2.46 bits per heavy atom. The molecule has 3 rings (SSSR count). The lowest BCUT2D eigenvalue weighted by atomic mass is 10.1. The summed E-state index contributed by atoms with van der Waals surface area (Å²) in [6.07, 6.45) is 4.58. The molecule has 0 amide bonds. The zero-order valence-electron chi connectivity index (χ0n) is 14.4. The van der Waals surface area contributed by atoms with Crippen molar-refractivity contribution in [3.63, 3.8) is 0 Å². The average Bonchev–Trinajstić information content (AvgIpc) is 2.89. The standard InChI is InChI=1S/C21H21N3/c1-15-5-7-18(8-6-15)9-10-21-23-19-13-16(2)17(3)14-20(19)24(21)12-4-11-22/h5-10,13-14H,4,12H2,1-3H3/b10-9+. The third-order valence-corrected chi connectivity index (χ3v) is 4.34. The smallest absolute Gasteiger partial charge is 0.133 e. The Hall–Kier alpha value is -2.86. The highest BCUT2D eigenvalue weighted by Crippen LogP contribution is 2.22. The quantitative estimate of drug-likeness (QED) is 0.676. The van der Waals surface area contributed by atoms with E-state index in [1.807, 2.05) is 6.08 Å². The van der Waals surface area contributed by atoms with Crippen LogP contribution in [-0.4, -0.2) is 9.55 Å². The molecule has 3 heteroatoms. The predicted molar refractivity (Wildman–Crippen MR) is 99.5 cm³/mol. The maximum Gasteiger partial charge on any atom is 0.133 e. The zero-order chi connectivity index (χ0) is 17.1. The largest absolute Gasteiger partial charge is 0.323 e. The third-order valence-electron chi connectivity index (χ3n) is 4.34. The van der Waals surface area contributed by atoms with Gasteiger partial charge >= 0.3 is 0 Å². The first-order chi connectivity index (χ1) is 11.6. The van der Waals surface area contributed by atoms with Crippen molar-refractivity contribution in [2.24, 2.45) is 0 Å². The number of benzene rings is 2. The van der Waals surface area contributed by atoms with Gasteiger partial charge in [0.2, 0.25) is 0 Å². The van der Waals surface area contributed by atoms with E-state index in [0.717, 1.165) is 22.4 Å². The Kier molecular flexibility index (Phi) is 4.48. The Morgan fingerprint density at radius 1 is 1.04 bits per heavy atom. The number of fused-ring (bicyclic) bond motifs is 1. The number of imidazole rings is 1. The molecule has 24 heavy (non-hydrogen) atoms. The molecule has 0 bridgehead atoms. The fourth-order valence-corrected chi connectivity index (χ4v) is 2.77. The fourth-order valence-electron chi connectivity index (χ4n) is 2.77. The molecule has 0 unspecified atom stereocenters.